The number of benzene rings is 2. The summed E-state index contributed by atoms with van der Waals surface area (Å²) in [4.78, 5) is 12.1. The van der Waals surface area contributed by atoms with Crippen molar-refractivity contribution in [2.75, 3.05) is 6.54 Å². The number of halogens is 1. The number of hydrogen-bond acceptors (Lipinski definition) is 2. The normalized spacial score (nSPS) is 11.8. The average Bonchev–Trinajstić information content (AvgIpc) is 2.57. The van der Waals surface area contributed by atoms with E-state index in [-0.39, 0.29) is 5.91 Å². The first-order chi connectivity index (χ1) is 11.1. The molecule has 23 heavy (non-hydrogen) atoms. The zero-order valence-electron chi connectivity index (χ0n) is 13.5. The standard InChI is InChI=1S/C19H22ClNO2/c1-3-16-6-4-5-7-18(16)23-14(2)19(22)21-13-12-15-8-10-17(20)11-9-15/h4-11,14H,3,12-13H2,1-2H3,(H,21,22)/t14-/m0/s1. The molecule has 0 bridgehead atoms. The van der Waals surface area contributed by atoms with E-state index in [1.807, 2.05) is 48.5 Å². The van der Waals surface area contributed by atoms with Gasteiger partial charge in [-0.2, -0.15) is 0 Å². The van der Waals surface area contributed by atoms with Crippen molar-refractivity contribution in [1.82, 2.24) is 5.32 Å². The molecule has 1 N–H and O–H groups in total. The van der Waals surface area contributed by atoms with Gasteiger partial charge in [0.25, 0.3) is 5.91 Å². The zero-order chi connectivity index (χ0) is 16.7. The lowest BCUT2D eigenvalue weighted by Crippen LogP contribution is -2.37. The van der Waals surface area contributed by atoms with Gasteiger partial charge in [0.2, 0.25) is 0 Å². The van der Waals surface area contributed by atoms with Crippen LogP contribution < -0.4 is 10.1 Å². The Bertz CT molecular complexity index is 640. The van der Waals surface area contributed by atoms with E-state index in [2.05, 4.69) is 12.2 Å². The Kier molecular flexibility index (Phi) is 6.48. The van der Waals surface area contributed by atoms with Gasteiger partial charge in [0.1, 0.15) is 5.75 Å². The summed E-state index contributed by atoms with van der Waals surface area (Å²) in [6, 6.07) is 15.4. The summed E-state index contributed by atoms with van der Waals surface area (Å²) in [5.74, 6) is 0.667. The molecule has 2 aromatic carbocycles. The van der Waals surface area contributed by atoms with Crippen molar-refractivity contribution < 1.29 is 9.53 Å². The molecule has 0 aliphatic heterocycles. The molecule has 0 aliphatic carbocycles. The molecule has 1 amide bonds. The van der Waals surface area contributed by atoms with Crippen LogP contribution in [0.15, 0.2) is 48.5 Å². The molecule has 0 saturated carbocycles. The lowest BCUT2D eigenvalue weighted by molar-refractivity contribution is -0.127. The minimum Gasteiger partial charge on any atom is -0.481 e. The van der Waals surface area contributed by atoms with E-state index in [4.69, 9.17) is 16.3 Å². The summed E-state index contributed by atoms with van der Waals surface area (Å²) in [5.41, 5.74) is 2.24. The van der Waals surface area contributed by atoms with E-state index in [1.165, 1.54) is 0 Å². The van der Waals surface area contributed by atoms with Crippen LogP contribution in [0.2, 0.25) is 5.02 Å². The number of hydrogen-bond donors (Lipinski definition) is 1. The minimum atomic E-state index is -0.520. The maximum absolute atomic E-state index is 12.1. The molecule has 2 aromatic rings. The minimum absolute atomic E-state index is 0.107. The van der Waals surface area contributed by atoms with Gasteiger partial charge < -0.3 is 10.1 Å². The first-order valence-corrected chi connectivity index (χ1v) is 8.24. The summed E-state index contributed by atoms with van der Waals surface area (Å²) in [5, 5.41) is 3.62. The molecule has 3 nitrogen and oxygen atoms in total. The van der Waals surface area contributed by atoms with Crippen molar-refractivity contribution in [3.63, 3.8) is 0 Å². The van der Waals surface area contributed by atoms with Crippen molar-refractivity contribution >= 4 is 17.5 Å². The quantitative estimate of drug-likeness (QED) is 0.832. The van der Waals surface area contributed by atoms with Crippen LogP contribution in [-0.4, -0.2) is 18.6 Å². The van der Waals surface area contributed by atoms with Crippen molar-refractivity contribution in [2.24, 2.45) is 0 Å². The molecule has 0 aromatic heterocycles. The van der Waals surface area contributed by atoms with Crippen molar-refractivity contribution in [1.29, 1.82) is 0 Å². The zero-order valence-corrected chi connectivity index (χ0v) is 14.3. The lowest BCUT2D eigenvalue weighted by Gasteiger charge is -2.17. The Balaban J connectivity index is 1.81. The molecule has 0 unspecified atom stereocenters. The van der Waals surface area contributed by atoms with Crippen LogP contribution in [0.5, 0.6) is 5.75 Å². The number of rotatable bonds is 7. The van der Waals surface area contributed by atoms with E-state index in [0.717, 1.165) is 34.7 Å². The van der Waals surface area contributed by atoms with Crippen LogP contribution in [0.25, 0.3) is 0 Å². The highest BCUT2D eigenvalue weighted by atomic mass is 35.5. The molecule has 4 heteroatoms. The van der Waals surface area contributed by atoms with Gasteiger partial charge in [0.05, 0.1) is 0 Å². The summed E-state index contributed by atoms with van der Waals surface area (Å²) >= 11 is 5.85. The highest BCUT2D eigenvalue weighted by Crippen LogP contribution is 2.19. The highest BCUT2D eigenvalue weighted by Gasteiger charge is 2.15. The molecule has 122 valence electrons. The Morgan fingerprint density at radius 2 is 1.87 bits per heavy atom. The molecule has 1 atom stereocenters. The molecular weight excluding hydrogens is 310 g/mol. The van der Waals surface area contributed by atoms with Crippen molar-refractivity contribution in [2.45, 2.75) is 32.8 Å². The largest absolute Gasteiger partial charge is 0.481 e. The average molecular weight is 332 g/mol. The topological polar surface area (TPSA) is 38.3 Å². The SMILES string of the molecule is CCc1ccccc1O[C@@H](C)C(=O)NCCc1ccc(Cl)cc1. The van der Waals surface area contributed by atoms with Gasteiger partial charge in [-0.05, 0) is 49.1 Å². The van der Waals surface area contributed by atoms with E-state index in [1.54, 1.807) is 6.92 Å². The Hall–Kier alpha value is -2.00. The molecule has 0 fully saturated rings. The highest BCUT2D eigenvalue weighted by molar-refractivity contribution is 6.30. The molecule has 0 spiro atoms. The van der Waals surface area contributed by atoms with Crippen LogP contribution in [0.4, 0.5) is 0 Å². The molecule has 2 rings (SSSR count). The second-order valence-electron chi connectivity index (χ2n) is 5.39. The molecular formula is C19H22ClNO2. The number of amides is 1. The molecule has 0 aliphatic rings. The fraction of sp³-hybridized carbons (Fsp3) is 0.316. The van der Waals surface area contributed by atoms with Crippen LogP contribution in [-0.2, 0) is 17.6 Å². The summed E-state index contributed by atoms with van der Waals surface area (Å²) in [7, 11) is 0. The maximum Gasteiger partial charge on any atom is 0.260 e. The van der Waals surface area contributed by atoms with Gasteiger partial charge in [-0.25, -0.2) is 0 Å². The number of nitrogens with one attached hydrogen (secondary N) is 1. The van der Waals surface area contributed by atoms with Gasteiger partial charge in [-0.1, -0.05) is 48.9 Å². The fourth-order valence-corrected chi connectivity index (χ4v) is 2.41. The predicted molar refractivity (Wildman–Crippen MR) is 94.1 cm³/mol. The summed E-state index contributed by atoms with van der Waals surface area (Å²) < 4.78 is 5.79. The third-order valence-electron chi connectivity index (χ3n) is 3.65. The van der Waals surface area contributed by atoms with Gasteiger partial charge >= 0.3 is 0 Å². The van der Waals surface area contributed by atoms with Crippen LogP contribution >= 0.6 is 11.6 Å². The van der Waals surface area contributed by atoms with Gasteiger partial charge in [0, 0.05) is 11.6 Å². The van der Waals surface area contributed by atoms with E-state index >= 15 is 0 Å². The Labute approximate surface area is 142 Å². The molecule has 0 radical (unpaired) electrons. The van der Waals surface area contributed by atoms with Crippen LogP contribution in [0, 0.1) is 0 Å². The Morgan fingerprint density at radius 1 is 1.17 bits per heavy atom. The number of carbonyl (C=O) groups excluding carboxylic acids is 1. The number of carbonyl (C=O) groups is 1. The van der Waals surface area contributed by atoms with E-state index in [9.17, 15) is 4.79 Å². The van der Waals surface area contributed by atoms with Gasteiger partial charge in [-0.15, -0.1) is 0 Å². The predicted octanol–water partition coefficient (Wildman–Crippen LogP) is 4.03. The van der Waals surface area contributed by atoms with Crippen LogP contribution in [0.3, 0.4) is 0 Å². The smallest absolute Gasteiger partial charge is 0.260 e. The van der Waals surface area contributed by atoms with Gasteiger partial charge in [-0.3, -0.25) is 4.79 Å². The first kappa shape index (κ1) is 17.4. The summed E-state index contributed by atoms with van der Waals surface area (Å²) in [6.07, 6.45) is 1.12. The second kappa shape index (κ2) is 8.59. The monoisotopic (exact) mass is 331 g/mol. The molecule has 0 heterocycles. The third-order valence-corrected chi connectivity index (χ3v) is 3.90. The second-order valence-corrected chi connectivity index (χ2v) is 5.83. The maximum atomic E-state index is 12.1. The lowest BCUT2D eigenvalue weighted by atomic mass is 10.1. The van der Waals surface area contributed by atoms with Crippen molar-refractivity contribution in [3.8, 4) is 5.75 Å². The molecule has 0 saturated heterocycles. The first-order valence-electron chi connectivity index (χ1n) is 7.87. The van der Waals surface area contributed by atoms with Gasteiger partial charge in [0.15, 0.2) is 6.10 Å². The fourth-order valence-electron chi connectivity index (χ4n) is 2.28. The van der Waals surface area contributed by atoms with E-state index < -0.39 is 6.10 Å². The van der Waals surface area contributed by atoms with Crippen molar-refractivity contribution in [3.05, 3.63) is 64.7 Å². The number of para-hydroxylation sites is 1. The number of aryl methyl sites for hydroxylation is 1. The van der Waals surface area contributed by atoms with Crippen LogP contribution in [0.1, 0.15) is 25.0 Å². The Morgan fingerprint density at radius 3 is 2.57 bits per heavy atom. The van der Waals surface area contributed by atoms with E-state index in [0.29, 0.717) is 6.54 Å². The third kappa shape index (κ3) is 5.29. The summed E-state index contributed by atoms with van der Waals surface area (Å²) in [6.45, 7) is 4.41. The number of ether oxygens (including phenoxy) is 1.